The molecule has 0 radical (unpaired) electrons. The first-order valence-corrected chi connectivity index (χ1v) is 5.96. The van der Waals surface area contributed by atoms with Gasteiger partial charge in [-0.25, -0.2) is 4.98 Å². The Morgan fingerprint density at radius 2 is 1.88 bits per heavy atom. The summed E-state index contributed by atoms with van der Waals surface area (Å²) in [5, 5.41) is 0.513. The predicted molar refractivity (Wildman–Crippen MR) is 69.9 cm³/mol. The molecule has 2 rings (SSSR count). The minimum absolute atomic E-state index is 0.513. The van der Waals surface area contributed by atoms with Crippen LogP contribution in [0, 0.1) is 6.92 Å². The van der Waals surface area contributed by atoms with Crippen molar-refractivity contribution in [2.24, 2.45) is 0 Å². The van der Waals surface area contributed by atoms with Crippen LogP contribution in [0.1, 0.15) is 18.1 Å². The van der Waals surface area contributed by atoms with Gasteiger partial charge in [-0.2, -0.15) is 0 Å². The fourth-order valence-corrected chi connectivity index (χ4v) is 1.62. The van der Waals surface area contributed by atoms with Crippen molar-refractivity contribution in [2.45, 2.75) is 20.3 Å². The molecule has 0 aliphatic heterocycles. The summed E-state index contributed by atoms with van der Waals surface area (Å²) in [7, 11) is 0. The Morgan fingerprint density at radius 3 is 2.47 bits per heavy atom. The minimum atomic E-state index is 0.513. The van der Waals surface area contributed by atoms with Gasteiger partial charge in [0.2, 0.25) is 0 Å². The fraction of sp³-hybridized carbons (Fsp3) is 0.214. The lowest BCUT2D eigenvalue weighted by Gasteiger charge is -2.07. The number of aryl methyl sites for hydroxylation is 2. The Kier molecular flexibility index (Phi) is 3.64. The third-order valence-corrected chi connectivity index (χ3v) is 2.95. The summed E-state index contributed by atoms with van der Waals surface area (Å²) >= 11 is 5.86. The zero-order valence-corrected chi connectivity index (χ0v) is 10.7. The highest BCUT2D eigenvalue weighted by Crippen LogP contribution is 2.24. The molecule has 0 saturated heterocycles. The first-order chi connectivity index (χ1) is 8.19. The maximum absolute atomic E-state index is 5.86. The SMILES string of the molecule is CCc1ccc(Oc2cnc(Cl)c(C)c2)cc1. The number of pyridine rings is 1. The molecule has 0 aliphatic carbocycles. The van der Waals surface area contributed by atoms with Crippen molar-refractivity contribution in [3.8, 4) is 11.5 Å². The largest absolute Gasteiger partial charge is 0.456 e. The zero-order chi connectivity index (χ0) is 12.3. The Bertz CT molecular complexity index is 508. The molecule has 17 heavy (non-hydrogen) atoms. The van der Waals surface area contributed by atoms with Crippen LogP contribution in [0.5, 0.6) is 11.5 Å². The van der Waals surface area contributed by atoms with Gasteiger partial charge in [-0.15, -0.1) is 0 Å². The van der Waals surface area contributed by atoms with Crippen LogP contribution in [-0.2, 0) is 6.42 Å². The Balaban J connectivity index is 2.16. The molecule has 2 nitrogen and oxygen atoms in total. The van der Waals surface area contributed by atoms with Crippen LogP contribution in [0.2, 0.25) is 5.15 Å². The van der Waals surface area contributed by atoms with Crippen LogP contribution >= 0.6 is 11.6 Å². The van der Waals surface area contributed by atoms with Crippen molar-refractivity contribution in [3.05, 3.63) is 52.8 Å². The molecule has 0 saturated carbocycles. The molecule has 3 heteroatoms. The first kappa shape index (κ1) is 11.9. The summed E-state index contributed by atoms with van der Waals surface area (Å²) in [4.78, 5) is 4.05. The van der Waals surface area contributed by atoms with E-state index in [1.807, 2.05) is 25.1 Å². The second kappa shape index (κ2) is 5.19. The lowest BCUT2D eigenvalue weighted by Crippen LogP contribution is -1.88. The summed E-state index contributed by atoms with van der Waals surface area (Å²) < 4.78 is 5.69. The van der Waals surface area contributed by atoms with Crippen LogP contribution < -0.4 is 4.74 Å². The zero-order valence-electron chi connectivity index (χ0n) is 9.90. The number of rotatable bonds is 3. The Morgan fingerprint density at radius 1 is 1.18 bits per heavy atom. The normalized spacial score (nSPS) is 10.3. The van der Waals surface area contributed by atoms with Gasteiger partial charge in [0.15, 0.2) is 0 Å². The van der Waals surface area contributed by atoms with Gasteiger partial charge in [-0.1, -0.05) is 30.7 Å². The average Bonchev–Trinajstić information content (AvgIpc) is 2.35. The number of hydrogen-bond donors (Lipinski definition) is 0. The maximum Gasteiger partial charge on any atom is 0.146 e. The van der Waals surface area contributed by atoms with Gasteiger partial charge in [0.05, 0.1) is 6.20 Å². The Labute approximate surface area is 106 Å². The minimum Gasteiger partial charge on any atom is -0.456 e. The third kappa shape index (κ3) is 2.98. The van der Waals surface area contributed by atoms with E-state index in [4.69, 9.17) is 16.3 Å². The van der Waals surface area contributed by atoms with E-state index < -0.39 is 0 Å². The van der Waals surface area contributed by atoms with Crippen molar-refractivity contribution in [1.29, 1.82) is 0 Å². The monoisotopic (exact) mass is 247 g/mol. The predicted octanol–water partition coefficient (Wildman–Crippen LogP) is 4.40. The van der Waals surface area contributed by atoms with Crippen molar-refractivity contribution in [3.63, 3.8) is 0 Å². The van der Waals surface area contributed by atoms with Crippen molar-refractivity contribution in [2.75, 3.05) is 0 Å². The standard InChI is InChI=1S/C14H14ClNO/c1-3-11-4-6-12(7-5-11)17-13-8-10(2)14(15)16-9-13/h4-9H,3H2,1-2H3. The molecule has 1 heterocycles. The first-order valence-electron chi connectivity index (χ1n) is 5.58. The second-order valence-electron chi connectivity index (χ2n) is 3.88. The van der Waals surface area contributed by atoms with E-state index in [9.17, 15) is 0 Å². The lowest BCUT2D eigenvalue weighted by atomic mass is 10.2. The molecule has 2 aromatic rings. The van der Waals surface area contributed by atoms with Crippen LogP contribution in [0.15, 0.2) is 36.5 Å². The lowest BCUT2D eigenvalue weighted by molar-refractivity contribution is 0.479. The van der Waals surface area contributed by atoms with Crippen molar-refractivity contribution < 1.29 is 4.74 Å². The van der Waals surface area contributed by atoms with Gasteiger partial charge in [0.25, 0.3) is 0 Å². The molecule has 88 valence electrons. The van der Waals surface area contributed by atoms with E-state index in [1.165, 1.54) is 5.56 Å². The molecular formula is C14H14ClNO. The summed E-state index contributed by atoms with van der Waals surface area (Å²) in [5.41, 5.74) is 2.21. The summed E-state index contributed by atoms with van der Waals surface area (Å²) in [6.07, 6.45) is 2.66. The Hall–Kier alpha value is -1.54. The number of benzene rings is 1. The number of halogens is 1. The topological polar surface area (TPSA) is 22.1 Å². The van der Waals surface area contributed by atoms with Crippen molar-refractivity contribution in [1.82, 2.24) is 4.98 Å². The number of hydrogen-bond acceptors (Lipinski definition) is 2. The van der Waals surface area contributed by atoms with E-state index in [0.29, 0.717) is 10.9 Å². The molecule has 0 atom stereocenters. The molecule has 0 unspecified atom stereocenters. The molecule has 1 aromatic carbocycles. The molecule has 0 aliphatic rings. The summed E-state index contributed by atoms with van der Waals surface area (Å²) in [6.45, 7) is 4.03. The van der Waals surface area contributed by atoms with E-state index in [1.54, 1.807) is 6.20 Å². The van der Waals surface area contributed by atoms with Crippen molar-refractivity contribution >= 4 is 11.6 Å². The quantitative estimate of drug-likeness (QED) is 0.750. The highest BCUT2D eigenvalue weighted by molar-refractivity contribution is 6.30. The molecule has 0 bridgehead atoms. The van der Waals surface area contributed by atoms with Crippen LogP contribution in [-0.4, -0.2) is 4.98 Å². The highest BCUT2D eigenvalue weighted by Gasteiger charge is 2.01. The van der Waals surface area contributed by atoms with Gasteiger partial charge >= 0.3 is 0 Å². The summed E-state index contributed by atoms with van der Waals surface area (Å²) in [6, 6.07) is 9.92. The number of nitrogens with zero attached hydrogens (tertiary/aromatic N) is 1. The van der Waals surface area contributed by atoms with Gasteiger partial charge in [0.1, 0.15) is 16.7 Å². The molecule has 0 spiro atoms. The van der Waals surface area contributed by atoms with E-state index >= 15 is 0 Å². The molecule has 0 N–H and O–H groups in total. The average molecular weight is 248 g/mol. The maximum atomic E-state index is 5.86. The van der Waals surface area contributed by atoms with Gasteiger partial charge in [-0.3, -0.25) is 0 Å². The number of aromatic nitrogens is 1. The number of ether oxygens (including phenoxy) is 1. The van der Waals surface area contributed by atoms with Gasteiger partial charge in [-0.05, 0) is 42.7 Å². The fourth-order valence-electron chi connectivity index (χ4n) is 1.52. The molecule has 0 fully saturated rings. The van der Waals surface area contributed by atoms with E-state index in [2.05, 4.69) is 24.0 Å². The third-order valence-electron chi connectivity index (χ3n) is 2.56. The van der Waals surface area contributed by atoms with Gasteiger partial charge < -0.3 is 4.74 Å². The second-order valence-corrected chi connectivity index (χ2v) is 4.24. The van der Waals surface area contributed by atoms with Crippen LogP contribution in [0.25, 0.3) is 0 Å². The smallest absolute Gasteiger partial charge is 0.146 e. The molecule has 1 aromatic heterocycles. The molecule has 0 amide bonds. The summed E-state index contributed by atoms with van der Waals surface area (Å²) in [5.74, 6) is 1.52. The molecular weight excluding hydrogens is 234 g/mol. The van der Waals surface area contributed by atoms with Crippen LogP contribution in [0.4, 0.5) is 0 Å². The van der Waals surface area contributed by atoms with E-state index in [-0.39, 0.29) is 0 Å². The highest BCUT2D eigenvalue weighted by atomic mass is 35.5. The van der Waals surface area contributed by atoms with E-state index in [0.717, 1.165) is 17.7 Å². The van der Waals surface area contributed by atoms with Gasteiger partial charge in [0, 0.05) is 0 Å². The van der Waals surface area contributed by atoms with Crippen LogP contribution in [0.3, 0.4) is 0 Å².